The van der Waals surface area contributed by atoms with Crippen molar-refractivity contribution < 1.29 is 4.74 Å². The van der Waals surface area contributed by atoms with E-state index in [4.69, 9.17) is 10.00 Å². The molecule has 0 aromatic heterocycles. The molecule has 3 heteroatoms. The molecular weight excluding hydrogens is 188 g/mol. The van der Waals surface area contributed by atoms with E-state index in [1.54, 1.807) is 0 Å². The summed E-state index contributed by atoms with van der Waals surface area (Å²) >= 11 is 0. The largest absolute Gasteiger partial charge is 0.362 e. The fraction of sp³-hybridized carbons (Fsp3) is 0.417. The van der Waals surface area contributed by atoms with Crippen LogP contribution in [0.2, 0.25) is 0 Å². The fourth-order valence-electron chi connectivity index (χ4n) is 1.29. The van der Waals surface area contributed by atoms with Crippen molar-refractivity contribution in [2.24, 2.45) is 0 Å². The number of rotatable bonds is 6. The van der Waals surface area contributed by atoms with Crippen LogP contribution in [0.25, 0.3) is 0 Å². The van der Waals surface area contributed by atoms with E-state index in [-0.39, 0.29) is 6.10 Å². The summed E-state index contributed by atoms with van der Waals surface area (Å²) in [7, 11) is 0. The Hall–Kier alpha value is -1.37. The first kappa shape index (κ1) is 11.7. The smallest absolute Gasteiger partial charge is 0.156 e. The third kappa shape index (κ3) is 4.59. The number of nitriles is 1. The van der Waals surface area contributed by atoms with Crippen LogP contribution in [0, 0.1) is 11.3 Å². The van der Waals surface area contributed by atoms with Gasteiger partial charge in [-0.15, -0.1) is 0 Å². The summed E-state index contributed by atoms with van der Waals surface area (Å²) in [6.45, 7) is 3.80. The van der Waals surface area contributed by atoms with Gasteiger partial charge in [-0.3, -0.25) is 0 Å². The van der Waals surface area contributed by atoms with Crippen molar-refractivity contribution in [3.05, 3.63) is 35.9 Å². The average molecular weight is 204 g/mol. The van der Waals surface area contributed by atoms with Gasteiger partial charge in [0.2, 0.25) is 0 Å². The quantitative estimate of drug-likeness (QED) is 0.767. The summed E-state index contributed by atoms with van der Waals surface area (Å²) in [5.74, 6) is 0. The van der Waals surface area contributed by atoms with Crippen LogP contribution in [0.15, 0.2) is 30.3 Å². The first-order chi connectivity index (χ1) is 7.36. The van der Waals surface area contributed by atoms with Gasteiger partial charge in [-0.2, -0.15) is 5.26 Å². The second kappa shape index (κ2) is 6.99. The van der Waals surface area contributed by atoms with Crippen molar-refractivity contribution in [3.63, 3.8) is 0 Å². The van der Waals surface area contributed by atoms with Crippen LogP contribution < -0.4 is 5.32 Å². The molecule has 1 unspecified atom stereocenters. The van der Waals surface area contributed by atoms with Crippen molar-refractivity contribution >= 4 is 0 Å². The van der Waals surface area contributed by atoms with Gasteiger partial charge in [0.05, 0.1) is 6.07 Å². The highest BCUT2D eigenvalue weighted by Gasteiger charge is 2.04. The molecule has 80 valence electrons. The number of hydrogen-bond donors (Lipinski definition) is 1. The number of nitrogens with zero attached hydrogens (tertiary/aromatic N) is 1. The van der Waals surface area contributed by atoms with E-state index in [1.165, 1.54) is 5.56 Å². The molecule has 0 amide bonds. The van der Waals surface area contributed by atoms with Crippen LogP contribution in [0.4, 0.5) is 0 Å². The first-order valence-electron chi connectivity index (χ1n) is 5.12. The third-order valence-corrected chi connectivity index (χ3v) is 2.01. The molecule has 0 spiro atoms. The Labute approximate surface area is 90.7 Å². The Kier molecular flexibility index (Phi) is 5.46. The van der Waals surface area contributed by atoms with Gasteiger partial charge in [0.15, 0.2) is 6.10 Å². The Morgan fingerprint density at radius 2 is 2.13 bits per heavy atom. The third-order valence-electron chi connectivity index (χ3n) is 2.01. The van der Waals surface area contributed by atoms with Crippen molar-refractivity contribution in [2.45, 2.75) is 19.6 Å². The van der Waals surface area contributed by atoms with Crippen LogP contribution in [0.5, 0.6) is 0 Å². The molecule has 1 N–H and O–H groups in total. The molecule has 1 aromatic carbocycles. The van der Waals surface area contributed by atoms with Crippen molar-refractivity contribution in [3.8, 4) is 6.07 Å². The molecule has 0 radical (unpaired) electrons. The number of ether oxygens (including phenoxy) is 1. The Bertz CT molecular complexity index is 305. The molecule has 0 aliphatic carbocycles. The summed E-state index contributed by atoms with van der Waals surface area (Å²) in [4.78, 5) is 0. The Balaban J connectivity index is 2.24. The minimum atomic E-state index is -0.348. The topological polar surface area (TPSA) is 45.0 Å². The van der Waals surface area contributed by atoms with E-state index in [1.807, 2.05) is 25.1 Å². The average Bonchev–Trinajstić information content (AvgIpc) is 2.29. The molecule has 1 rings (SSSR count). The van der Waals surface area contributed by atoms with E-state index in [0.717, 1.165) is 6.54 Å². The predicted molar refractivity (Wildman–Crippen MR) is 59.2 cm³/mol. The highest BCUT2D eigenvalue weighted by atomic mass is 16.5. The molecule has 0 bridgehead atoms. The van der Waals surface area contributed by atoms with Gasteiger partial charge >= 0.3 is 0 Å². The van der Waals surface area contributed by atoms with Crippen LogP contribution in [0.1, 0.15) is 12.5 Å². The number of hydrogen-bond acceptors (Lipinski definition) is 3. The Morgan fingerprint density at radius 3 is 2.73 bits per heavy atom. The summed E-state index contributed by atoms with van der Waals surface area (Å²) in [5, 5.41) is 11.9. The van der Waals surface area contributed by atoms with E-state index >= 15 is 0 Å². The van der Waals surface area contributed by atoms with Crippen molar-refractivity contribution in [2.75, 3.05) is 13.2 Å². The van der Waals surface area contributed by atoms with Gasteiger partial charge < -0.3 is 10.1 Å². The fourth-order valence-corrected chi connectivity index (χ4v) is 1.29. The SMILES string of the molecule is CCOC(C#N)CNCc1ccccc1. The minimum absolute atomic E-state index is 0.348. The molecular formula is C12H16N2O. The van der Waals surface area contributed by atoms with Gasteiger partial charge in [0, 0.05) is 19.7 Å². The van der Waals surface area contributed by atoms with Gasteiger partial charge in [-0.05, 0) is 12.5 Å². The summed E-state index contributed by atoms with van der Waals surface area (Å²) in [6, 6.07) is 12.2. The van der Waals surface area contributed by atoms with Gasteiger partial charge in [-0.1, -0.05) is 30.3 Å². The lowest BCUT2D eigenvalue weighted by atomic mass is 10.2. The van der Waals surface area contributed by atoms with E-state index in [2.05, 4.69) is 23.5 Å². The van der Waals surface area contributed by atoms with Crippen molar-refractivity contribution in [1.82, 2.24) is 5.32 Å². The van der Waals surface area contributed by atoms with E-state index in [9.17, 15) is 0 Å². The van der Waals surface area contributed by atoms with E-state index < -0.39 is 0 Å². The zero-order chi connectivity index (χ0) is 10.9. The highest BCUT2D eigenvalue weighted by Crippen LogP contribution is 1.97. The summed E-state index contributed by atoms with van der Waals surface area (Å²) in [6.07, 6.45) is -0.348. The molecule has 0 saturated carbocycles. The van der Waals surface area contributed by atoms with Crippen LogP contribution >= 0.6 is 0 Å². The Morgan fingerprint density at radius 1 is 1.40 bits per heavy atom. The van der Waals surface area contributed by atoms with Gasteiger partial charge in [-0.25, -0.2) is 0 Å². The first-order valence-corrected chi connectivity index (χ1v) is 5.12. The molecule has 0 heterocycles. The zero-order valence-electron chi connectivity index (χ0n) is 8.94. The zero-order valence-corrected chi connectivity index (χ0v) is 8.94. The maximum Gasteiger partial charge on any atom is 0.156 e. The molecule has 0 fully saturated rings. The summed E-state index contributed by atoms with van der Waals surface area (Å²) in [5.41, 5.74) is 1.21. The summed E-state index contributed by atoms with van der Waals surface area (Å²) < 4.78 is 5.21. The second-order valence-electron chi connectivity index (χ2n) is 3.19. The lowest BCUT2D eigenvalue weighted by Crippen LogP contribution is -2.27. The minimum Gasteiger partial charge on any atom is -0.362 e. The van der Waals surface area contributed by atoms with Crippen LogP contribution in [-0.4, -0.2) is 19.3 Å². The van der Waals surface area contributed by atoms with Crippen LogP contribution in [0.3, 0.4) is 0 Å². The van der Waals surface area contributed by atoms with Crippen LogP contribution in [-0.2, 0) is 11.3 Å². The molecule has 0 aliphatic rings. The van der Waals surface area contributed by atoms with E-state index in [0.29, 0.717) is 13.2 Å². The number of nitrogens with one attached hydrogen (secondary N) is 1. The molecule has 3 nitrogen and oxygen atoms in total. The van der Waals surface area contributed by atoms with Crippen molar-refractivity contribution in [1.29, 1.82) is 5.26 Å². The predicted octanol–water partition coefficient (Wildman–Crippen LogP) is 1.70. The monoisotopic (exact) mass is 204 g/mol. The van der Waals surface area contributed by atoms with Gasteiger partial charge in [0.1, 0.15) is 0 Å². The molecule has 0 aliphatic heterocycles. The second-order valence-corrected chi connectivity index (χ2v) is 3.19. The molecule has 1 aromatic rings. The molecule has 15 heavy (non-hydrogen) atoms. The molecule has 1 atom stereocenters. The standard InChI is InChI=1S/C12H16N2O/c1-2-15-12(8-13)10-14-9-11-6-4-3-5-7-11/h3-7,12,14H,2,9-10H2,1H3. The maximum atomic E-state index is 8.74. The maximum absolute atomic E-state index is 8.74. The molecule has 0 saturated heterocycles. The van der Waals surface area contributed by atoms with Gasteiger partial charge in [0.25, 0.3) is 0 Å². The normalized spacial score (nSPS) is 12.0. The lowest BCUT2D eigenvalue weighted by molar-refractivity contribution is 0.101. The number of benzene rings is 1. The lowest BCUT2D eigenvalue weighted by Gasteiger charge is -2.10. The highest BCUT2D eigenvalue weighted by molar-refractivity contribution is 5.14.